The number of alkyl halides is 3. The third kappa shape index (κ3) is 4.77. The van der Waals surface area contributed by atoms with Crippen molar-refractivity contribution in [3.8, 4) is 12.1 Å². The molecule has 0 saturated heterocycles. The maximum absolute atomic E-state index is 12.8. The van der Waals surface area contributed by atoms with E-state index in [0.717, 1.165) is 22.3 Å². The van der Waals surface area contributed by atoms with Crippen molar-refractivity contribution in [2.24, 2.45) is 5.92 Å². The summed E-state index contributed by atoms with van der Waals surface area (Å²) in [7, 11) is 1.81. The van der Waals surface area contributed by atoms with E-state index >= 15 is 0 Å². The average molecular weight is 422 g/mol. The van der Waals surface area contributed by atoms with Gasteiger partial charge >= 0.3 is 6.18 Å². The molecule has 0 amide bonds. The minimum atomic E-state index is -4.42. The lowest BCUT2D eigenvalue weighted by Crippen LogP contribution is -2.28. The fourth-order valence-corrected chi connectivity index (χ4v) is 2.89. The van der Waals surface area contributed by atoms with Crippen LogP contribution in [0, 0.1) is 28.6 Å². The molecular formula is C19H15BrF3N3. The Hall–Kier alpha value is -2.51. The van der Waals surface area contributed by atoms with E-state index < -0.39 is 23.6 Å². The van der Waals surface area contributed by atoms with Crippen molar-refractivity contribution in [3.63, 3.8) is 0 Å². The molecule has 0 aliphatic heterocycles. The van der Waals surface area contributed by atoms with Crippen LogP contribution in [0.15, 0.2) is 53.0 Å². The van der Waals surface area contributed by atoms with Gasteiger partial charge in [-0.25, -0.2) is 0 Å². The van der Waals surface area contributed by atoms with Crippen LogP contribution in [0.4, 0.5) is 18.9 Å². The second-order valence-electron chi connectivity index (χ2n) is 5.82. The van der Waals surface area contributed by atoms with Gasteiger partial charge in [-0.1, -0.05) is 28.1 Å². The predicted octanol–water partition coefficient (Wildman–Crippen LogP) is 5.35. The Kier molecular flexibility index (Phi) is 6.28. The summed E-state index contributed by atoms with van der Waals surface area (Å²) in [5, 5.41) is 18.6. The molecule has 26 heavy (non-hydrogen) atoms. The van der Waals surface area contributed by atoms with Crippen LogP contribution in [0.2, 0.25) is 0 Å². The first-order chi connectivity index (χ1) is 12.3. The maximum Gasteiger partial charge on any atom is 0.416 e. The standard InChI is InChI=1S/C19H15BrF3N3/c1-26(17-8-6-16(20)7-9-17)12-18(14(10-24)11-25)13-2-4-15(5-3-13)19(21,22)23/h2-9,14,18H,12H2,1H3. The van der Waals surface area contributed by atoms with Gasteiger partial charge in [0.1, 0.15) is 5.92 Å². The van der Waals surface area contributed by atoms with E-state index in [4.69, 9.17) is 0 Å². The monoisotopic (exact) mass is 421 g/mol. The molecule has 2 aromatic rings. The summed E-state index contributed by atoms with van der Waals surface area (Å²) in [4.78, 5) is 1.87. The molecule has 0 spiro atoms. The first-order valence-electron chi connectivity index (χ1n) is 7.69. The molecule has 0 fully saturated rings. The van der Waals surface area contributed by atoms with E-state index in [1.54, 1.807) is 0 Å². The topological polar surface area (TPSA) is 50.8 Å². The van der Waals surface area contributed by atoms with Gasteiger partial charge in [-0.2, -0.15) is 23.7 Å². The molecule has 2 rings (SSSR count). The molecule has 1 atom stereocenters. The van der Waals surface area contributed by atoms with E-state index in [9.17, 15) is 23.7 Å². The second-order valence-corrected chi connectivity index (χ2v) is 6.73. The highest BCUT2D eigenvalue weighted by Gasteiger charge is 2.31. The average Bonchev–Trinajstić information content (AvgIpc) is 2.61. The third-order valence-corrected chi connectivity index (χ3v) is 4.61. The van der Waals surface area contributed by atoms with Gasteiger partial charge in [-0.05, 0) is 42.0 Å². The Balaban J connectivity index is 2.31. The zero-order valence-corrected chi connectivity index (χ0v) is 15.4. The van der Waals surface area contributed by atoms with Crippen LogP contribution >= 0.6 is 15.9 Å². The fraction of sp³-hybridized carbons (Fsp3) is 0.263. The first kappa shape index (κ1) is 19.8. The summed E-state index contributed by atoms with van der Waals surface area (Å²) in [5.74, 6) is -1.51. The summed E-state index contributed by atoms with van der Waals surface area (Å²) < 4.78 is 39.2. The molecule has 0 heterocycles. The maximum atomic E-state index is 12.8. The molecule has 3 nitrogen and oxygen atoms in total. The highest BCUT2D eigenvalue weighted by Crippen LogP contribution is 2.32. The van der Waals surface area contributed by atoms with Crippen LogP contribution in [0.25, 0.3) is 0 Å². The number of rotatable bonds is 5. The van der Waals surface area contributed by atoms with Crippen molar-refractivity contribution in [1.82, 2.24) is 0 Å². The van der Waals surface area contributed by atoms with E-state index in [0.29, 0.717) is 12.1 Å². The quantitative estimate of drug-likeness (QED) is 0.653. The molecule has 0 bridgehead atoms. The van der Waals surface area contributed by atoms with Crippen molar-refractivity contribution in [2.75, 3.05) is 18.5 Å². The molecule has 7 heteroatoms. The summed E-state index contributed by atoms with van der Waals surface area (Å²) in [5.41, 5.74) is 0.640. The fourth-order valence-electron chi connectivity index (χ4n) is 2.63. The van der Waals surface area contributed by atoms with Crippen LogP contribution in [-0.4, -0.2) is 13.6 Å². The first-order valence-corrected chi connectivity index (χ1v) is 8.48. The lowest BCUT2D eigenvalue weighted by molar-refractivity contribution is -0.137. The molecule has 1 unspecified atom stereocenters. The molecule has 134 valence electrons. The van der Waals surface area contributed by atoms with Gasteiger partial charge in [-0.3, -0.25) is 0 Å². The lowest BCUT2D eigenvalue weighted by atomic mass is 9.86. The molecule has 0 aliphatic carbocycles. The van der Waals surface area contributed by atoms with Crippen LogP contribution in [0.5, 0.6) is 0 Å². The molecule has 0 radical (unpaired) electrons. The van der Waals surface area contributed by atoms with Gasteiger partial charge in [0.25, 0.3) is 0 Å². The van der Waals surface area contributed by atoms with E-state index in [1.807, 2.05) is 48.4 Å². The second kappa shape index (κ2) is 8.25. The molecule has 0 aromatic heterocycles. The Bertz CT molecular complexity index is 804. The number of hydrogen-bond acceptors (Lipinski definition) is 3. The molecule has 2 aromatic carbocycles. The highest BCUT2D eigenvalue weighted by atomic mass is 79.9. The Morgan fingerprint density at radius 1 is 1.00 bits per heavy atom. The summed E-state index contributed by atoms with van der Waals surface area (Å²) in [6.07, 6.45) is -4.42. The largest absolute Gasteiger partial charge is 0.416 e. The highest BCUT2D eigenvalue weighted by molar-refractivity contribution is 9.10. The van der Waals surface area contributed by atoms with Gasteiger partial charge < -0.3 is 4.90 Å². The van der Waals surface area contributed by atoms with Crippen molar-refractivity contribution in [2.45, 2.75) is 12.1 Å². The normalized spacial score (nSPS) is 12.3. The predicted molar refractivity (Wildman–Crippen MR) is 96.3 cm³/mol. The SMILES string of the molecule is CN(CC(c1ccc(C(F)(F)F)cc1)C(C#N)C#N)c1ccc(Br)cc1. The van der Waals surface area contributed by atoms with Gasteiger partial charge in [0.05, 0.1) is 17.7 Å². The van der Waals surface area contributed by atoms with Crippen molar-refractivity contribution < 1.29 is 13.2 Å². The van der Waals surface area contributed by atoms with Crippen LogP contribution in [-0.2, 0) is 6.18 Å². The number of nitriles is 2. The molecule has 0 aliphatic rings. The third-order valence-electron chi connectivity index (χ3n) is 4.08. The van der Waals surface area contributed by atoms with Crippen molar-refractivity contribution >= 4 is 21.6 Å². The van der Waals surface area contributed by atoms with Crippen LogP contribution < -0.4 is 4.90 Å². The number of hydrogen-bond donors (Lipinski definition) is 0. The zero-order valence-electron chi connectivity index (χ0n) is 13.8. The minimum absolute atomic E-state index is 0.318. The Labute approximate surface area is 158 Å². The number of nitrogens with zero attached hydrogens (tertiary/aromatic N) is 3. The van der Waals surface area contributed by atoms with E-state index in [1.165, 1.54) is 12.1 Å². The number of likely N-dealkylation sites (N-methyl/N-ethyl adjacent to an activating group) is 1. The van der Waals surface area contributed by atoms with Crippen molar-refractivity contribution in [1.29, 1.82) is 10.5 Å². The Morgan fingerprint density at radius 3 is 2.00 bits per heavy atom. The van der Waals surface area contributed by atoms with Crippen LogP contribution in [0.1, 0.15) is 17.0 Å². The summed E-state index contributed by atoms with van der Waals surface area (Å²) >= 11 is 3.35. The molecule has 0 saturated carbocycles. The van der Waals surface area contributed by atoms with E-state index in [-0.39, 0.29) is 0 Å². The van der Waals surface area contributed by atoms with Crippen LogP contribution in [0.3, 0.4) is 0 Å². The van der Waals surface area contributed by atoms with Gasteiger partial charge in [0.2, 0.25) is 0 Å². The van der Waals surface area contributed by atoms with Gasteiger partial charge in [0, 0.05) is 29.7 Å². The summed E-state index contributed by atoms with van der Waals surface area (Å²) in [6, 6.07) is 16.0. The lowest BCUT2D eigenvalue weighted by Gasteiger charge is -2.27. The molecular weight excluding hydrogens is 407 g/mol. The molecule has 0 N–H and O–H groups in total. The summed E-state index contributed by atoms with van der Waals surface area (Å²) in [6.45, 7) is 0.318. The number of anilines is 1. The Morgan fingerprint density at radius 2 is 1.54 bits per heavy atom. The zero-order chi connectivity index (χ0) is 19.3. The van der Waals surface area contributed by atoms with Gasteiger partial charge in [0.15, 0.2) is 0 Å². The number of benzene rings is 2. The minimum Gasteiger partial charge on any atom is -0.374 e. The van der Waals surface area contributed by atoms with E-state index in [2.05, 4.69) is 15.9 Å². The number of halogens is 4. The van der Waals surface area contributed by atoms with Crippen molar-refractivity contribution in [3.05, 3.63) is 64.1 Å². The smallest absolute Gasteiger partial charge is 0.374 e. The van der Waals surface area contributed by atoms with Gasteiger partial charge in [-0.15, -0.1) is 0 Å².